The molecule has 0 radical (unpaired) electrons. The summed E-state index contributed by atoms with van der Waals surface area (Å²) < 4.78 is 5.01. The summed E-state index contributed by atoms with van der Waals surface area (Å²) in [6, 6.07) is 7.39. The molecule has 1 aromatic rings. The second-order valence-electron chi connectivity index (χ2n) is 2.59. The number of ether oxygens (including phenoxy) is 1. The molecule has 0 atom stereocenters. The van der Waals surface area contributed by atoms with Crippen molar-refractivity contribution in [1.29, 1.82) is 0 Å². The minimum Gasteiger partial charge on any atom is -0.497 e. The fourth-order valence-electron chi connectivity index (χ4n) is 1.09. The SMILES string of the molecule is CCN(C=O)c1ccc(OC)cc1. The first kappa shape index (κ1) is 9.58. The number of hydrogen-bond acceptors (Lipinski definition) is 2. The molecule has 0 saturated carbocycles. The van der Waals surface area contributed by atoms with E-state index in [1.54, 1.807) is 12.0 Å². The second kappa shape index (κ2) is 4.50. The highest BCUT2D eigenvalue weighted by Crippen LogP contribution is 2.17. The van der Waals surface area contributed by atoms with E-state index in [2.05, 4.69) is 0 Å². The van der Waals surface area contributed by atoms with Crippen LogP contribution in [0.15, 0.2) is 24.3 Å². The maximum absolute atomic E-state index is 10.6. The smallest absolute Gasteiger partial charge is 0.214 e. The fraction of sp³-hybridized carbons (Fsp3) is 0.300. The Morgan fingerprint density at radius 1 is 1.38 bits per heavy atom. The van der Waals surface area contributed by atoms with E-state index in [4.69, 9.17) is 4.74 Å². The molecule has 0 unspecified atom stereocenters. The Morgan fingerprint density at radius 2 is 2.00 bits per heavy atom. The summed E-state index contributed by atoms with van der Waals surface area (Å²) >= 11 is 0. The van der Waals surface area contributed by atoms with Crippen LogP contribution in [0.25, 0.3) is 0 Å². The van der Waals surface area contributed by atoms with Gasteiger partial charge in [0, 0.05) is 12.2 Å². The highest BCUT2D eigenvalue weighted by molar-refractivity contribution is 5.74. The van der Waals surface area contributed by atoms with Gasteiger partial charge in [0.25, 0.3) is 0 Å². The summed E-state index contributed by atoms with van der Waals surface area (Å²) in [7, 11) is 1.62. The van der Waals surface area contributed by atoms with Crippen molar-refractivity contribution in [3.05, 3.63) is 24.3 Å². The van der Waals surface area contributed by atoms with Crippen molar-refractivity contribution >= 4 is 12.1 Å². The first-order chi connectivity index (χ1) is 6.31. The van der Waals surface area contributed by atoms with Crippen molar-refractivity contribution in [2.45, 2.75) is 6.92 Å². The van der Waals surface area contributed by atoms with Crippen molar-refractivity contribution in [1.82, 2.24) is 0 Å². The molecule has 0 aliphatic rings. The number of hydrogen-bond donors (Lipinski definition) is 0. The lowest BCUT2D eigenvalue weighted by Crippen LogP contribution is -2.19. The predicted molar refractivity (Wildman–Crippen MR) is 52.1 cm³/mol. The summed E-state index contributed by atoms with van der Waals surface area (Å²) in [5, 5.41) is 0. The van der Waals surface area contributed by atoms with Crippen LogP contribution < -0.4 is 9.64 Å². The fourth-order valence-corrected chi connectivity index (χ4v) is 1.09. The Balaban J connectivity index is 2.83. The molecule has 1 aromatic carbocycles. The molecule has 1 rings (SSSR count). The summed E-state index contributed by atoms with van der Waals surface area (Å²) in [6.45, 7) is 2.61. The molecule has 0 aliphatic carbocycles. The average Bonchev–Trinajstić information content (AvgIpc) is 2.21. The van der Waals surface area contributed by atoms with Crippen molar-refractivity contribution in [2.24, 2.45) is 0 Å². The molecule has 3 nitrogen and oxygen atoms in total. The van der Waals surface area contributed by atoms with Crippen molar-refractivity contribution < 1.29 is 9.53 Å². The third-order valence-corrected chi connectivity index (χ3v) is 1.87. The van der Waals surface area contributed by atoms with Gasteiger partial charge in [0.15, 0.2) is 0 Å². The number of carbonyl (C=O) groups excluding carboxylic acids is 1. The molecule has 0 bridgehead atoms. The van der Waals surface area contributed by atoms with E-state index < -0.39 is 0 Å². The molecule has 0 aromatic heterocycles. The molecule has 0 N–H and O–H groups in total. The van der Waals surface area contributed by atoms with Crippen LogP contribution in [0, 0.1) is 0 Å². The van der Waals surface area contributed by atoms with Crippen LogP contribution in [0.3, 0.4) is 0 Å². The van der Waals surface area contributed by atoms with Gasteiger partial charge in [-0.15, -0.1) is 0 Å². The van der Waals surface area contributed by atoms with Crippen LogP contribution in [0.2, 0.25) is 0 Å². The zero-order valence-electron chi connectivity index (χ0n) is 7.86. The summed E-state index contributed by atoms with van der Waals surface area (Å²) in [5.74, 6) is 0.797. The molecular formula is C10H13NO2. The number of anilines is 1. The average molecular weight is 179 g/mol. The van der Waals surface area contributed by atoms with Gasteiger partial charge in [-0.2, -0.15) is 0 Å². The van der Waals surface area contributed by atoms with Gasteiger partial charge < -0.3 is 9.64 Å². The topological polar surface area (TPSA) is 29.5 Å². The molecular weight excluding hydrogens is 166 g/mol. The van der Waals surface area contributed by atoms with Crippen LogP contribution in [-0.2, 0) is 4.79 Å². The zero-order valence-corrected chi connectivity index (χ0v) is 7.86. The Hall–Kier alpha value is -1.51. The van der Waals surface area contributed by atoms with Gasteiger partial charge in [-0.3, -0.25) is 4.79 Å². The monoisotopic (exact) mass is 179 g/mol. The standard InChI is InChI=1S/C10H13NO2/c1-3-11(8-12)9-4-6-10(13-2)7-5-9/h4-8H,3H2,1-2H3. The minimum atomic E-state index is 0.676. The van der Waals surface area contributed by atoms with Gasteiger partial charge in [-0.05, 0) is 31.2 Å². The highest BCUT2D eigenvalue weighted by atomic mass is 16.5. The maximum Gasteiger partial charge on any atom is 0.214 e. The lowest BCUT2D eigenvalue weighted by molar-refractivity contribution is -0.107. The van der Waals surface area contributed by atoms with Gasteiger partial charge in [-0.25, -0.2) is 0 Å². The Labute approximate surface area is 77.9 Å². The minimum absolute atomic E-state index is 0.676. The van der Waals surface area contributed by atoms with Crippen LogP contribution in [0.1, 0.15) is 6.92 Å². The zero-order chi connectivity index (χ0) is 9.68. The predicted octanol–water partition coefficient (Wildman–Crippen LogP) is 1.68. The molecule has 1 amide bonds. The van der Waals surface area contributed by atoms with Crippen LogP contribution >= 0.6 is 0 Å². The first-order valence-corrected chi connectivity index (χ1v) is 4.17. The Morgan fingerprint density at radius 3 is 2.38 bits per heavy atom. The Kier molecular flexibility index (Phi) is 3.31. The van der Waals surface area contributed by atoms with Gasteiger partial charge in [0.05, 0.1) is 7.11 Å². The summed E-state index contributed by atoms with van der Waals surface area (Å²) in [5.41, 5.74) is 0.887. The van der Waals surface area contributed by atoms with E-state index in [0.29, 0.717) is 6.54 Å². The third kappa shape index (κ3) is 2.21. The van der Waals surface area contributed by atoms with Crippen molar-refractivity contribution in [3.8, 4) is 5.75 Å². The van der Waals surface area contributed by atoms with Crippen LogP contribution in [0.5, 0.6) is 5.75 Å². The van der Waals surface area contributed by atoms with Gasteiger partial charge in [0.1, 0.15) is 5.75 Å². The van der Waals surface area contributed by atoms with Gasteiger partial charge in [0.2, 0.25) is 6.41 Å². The van der Waals surface area contributed by atoms with E-state index in [-0.39, 0.29) is 0 Å². The molecule has 70 valence electrons. The molecule has 0 spiro atoms. The highest BCUT2D eigenvalue weighted by Gasteiger charge is 2.01. The lowest BCUT2D eigenvalue weighted by Gasteiger charge is -2.14. The van der Waals surface area contributed by atoms with Gasteiger partial charge >= 0.3 is 0 Å². The number of amides is 1. The normalized spacial score (nSPS) is 9.38. The Bertz CT molecular complexity index is 269. The summed E-state index contributed by atoms with van der Waals surface area (Å²) in [6.07, 6.45) is 0.821. The van der Waals surface area contributed by atoms with E-state index in [1.807, 2.05) is 31.2 Å². The van der Waals surface area contributed by atoms with Crippen LogP contribution in [0.4, 0.5) is 5.69 Å². The van der Waals surface area contributed by atoms with E-state index >= 15 is 0 Å². The largest absolute Gasteiger partial charge is 0.497 e. The first-order valence-electron chi connectivity index (χ1n) is 4.17. The maximum atomic E-state index is 10.6. The van der Waals surface area contributed by atoms with E-state index in [9.17, 15) is 4.79 Å². The van der Waals surface area contributed by atoms with E-state index in [0.717, 1.165) is 17.8 Å². The van der Waals surface area contributed by atoms with Crippen LogP contribution in [-0.4, -0.2) is 20.1 Å². The number of carbonyl (C=O) groups is 1. The number of benzene rings is 1. The molecule has 3 heteroatoms. The molecule has 0 fully saturated rings. The number of nitrogens with zero attached hydrogens (tertiary/aromatic N) is 1. The number of methoxy groups -OCH3 is 1. The molecule has 13 heavy (non-hydrogen) atoms. The molecule has 0 aliphatic heterocycles. The van der Waals surface area contributed by atoms with Crippen molar-refractivity contribution in [2.75, 3.05) is 18.6 Å². The van der Waals surface area contributed by atoms with E-state index in [1.165, 1.54) is 0 Å². The molecule has 0 saturated heterocycles. The number of rotatable bonds is 4. The third-order valence-electron chi connectivity index (χ3n) is 1.87. The quantitative estimate of drug-likeness (QED) is 0.658. The summed E-state index contributed by atoms with van der Waals surface area (Å²) in [4.78, 5) is 12.2. The van der Waals surface area contributed by atoms with Crippen molar-refractivity contribution in [3.63, 3.8) is 0 Å². The van der Waals surface area contributed by atoms with Gasteiger partial charge in [-0.1, -0.05) is 0 Å². The molecule has 0 heterocycles. The lowest BCUT2D eigenvalue weighted by atomic mass is 10.3. The second-order valence-corrected chi connectivity index (χ2v) is 2.59.